The van der Waals surface area contributed by atoms with E-state index >= 15 is 0 Å². The summed E-state index contributed by atoms with van der Waals surface area (Å²) in [5, 5.41) is 24.1. The van der Waals surface area contributed by atoms with Gasteiger partial charge in [-0.1, -0.05) is 30.3 Å². The molecule has 2 rings (SSSR count). The summed E-state index contributed by atoms with van der Waals surface area (Å²) in [5.74, 6) is 1.87. The molecule has 6 nitrogen and oxygen atoms in total. The number of hydrogen-bond donors (Lipinski definition) is 4. The minimum absolute atomic E-state index is 0.227. The molecule has 0 radical (unpaired) electrons. The molecule has 1 aromatic heterocycles. The van der Waals surface area contributed by atoms with Gasteiger partial charge in [0.15, 0.2) is 5.82 Å². The Hall–Kier alpha value is -2.18. The Morgan fingerprint density at radius 1 is 1.15 bits per heavy atom. The van der Waals surface area contributed by atoms with Crippen molar-refractivity contribution in [1.82, 2.24) is 9.97 Å². The Balaban J connectivity index is 2.25. The summed E-state index contributed by atoms with van der Waals surface area (Å²) >= 11 is 0. The van der Waals surface area contributed by atoms with Crippen LogP contribution < -0.4 is 10.6 Å². The second kappa shape index (κ2) is 6.83. The molecule has 0 spiro atoms. The lowest BCUT2D eigenvalue weighted by molar-refractivity contribution is 0.105. The third-order valence-corrected chi connectivity index (χ3v) is 2.74. The van der Waals surface area contributed by atoms with E-state index in [-0.39, 0.29) is 13.2 Å². The van der Waals surface area contributed by atoms with Crippen LogP contribution in [0.25, 0.3) is 11.4 Å². The second-order valence-corrected chi connectivity index (χ2v) is 4.30. The van der Waals surface area contributed by atoms with E-state index in [9.17, 15) is 5.11 Å². The van der Waals surface area contributed by atoms with Gasteiger partial charge in [0, 0.05) is 25.2 Å². The fourth-order valence-electron chi connectivity index (χ4n) is 1.67. The summed E-state index contributed by atoms with van der Waals surface area (Å²) < 4.78 is 0. The number of nitrogens with one attached hydrogen (secondary N) is 2. The fourth-order valence-corrected chi connectivity index (χ4v) is 1.67. The van der Waals surface area contributed by atoms with Crippen molar-refractivity contribution in [3.05, 3.63) is 36.4 Å². The average molecular weight is 274 g/mol. The van der Waals surface area contributed by atoms with E-state index < -0.39 is 6.10 Å². The standard InChI is InChI=1S/C14H18N4O2/c1-15-12-7-13(16-8-11(20)9-19)18-14(17-12)10-5-3-2-4-6-10/h2-7,11,19-20H,8-9H2,1H3,(H2,15,16,17,18). The van der Waals surface area contributed by atoms with Crippen LogP contribution in [0.5, 0.6) is 0 Å². The monoisotopic (exact) mass is 274 g/mol. The SMILES string of the molecule is CNc1cc(NCC(O)CO)nc(-c2ccccc2)n1. The summed E-state index contributed by atoms with van der Waals surface area (Å²) in [7, 11) is 1.78. The average Bonchev–Trinajstić information content (AvgIpc) is 2.53. The summed E-state index contributed by atoms with van der Waals surface area (Å²) in [6, 6.07) is 11.4. The first-order chi connectivity index (χ1) is 9.72. The third kappa shape index (κ3) is 3.66. The number of aliphatic hydroxyl groups is 2. The molecule has 0 saturated heterocycles. The molecule has 106 valence electrons. The minimum Gasteiger partial charge on any atom is -0.394 e. The Kier molecular flexibility index (Phi) is 4.86. The van der Waals surface area contributed by atoms with Gasteiger partial charge in [-0.25, -0.2) is 9.97 Å². The Labute approximate surface area is 117 Å². The van der Waals surface area contributed by atoms with Gasteiger partial charge in [-0.05, 0) is 0 Å². The number of aromatic nitrogens is 2. The van der Waals surface area contributed by atoms with Crippen LogP contribution in [0, 0.1) is 0 Å². The van der Waals surface area contributed by atoms with E-state index in [1.807, 2.05) is 30.3 Å². The molecular formula is C14H18N4O2. The molecular weight excluding hydrogens is 256 g/mol. The van der Waals surface area contributed by atoms with Crippen molar-refractivity contribution in [3.63, 3.8) is 0 Å². The molecule has 0 bridgehead atoms. The third-order valence-electron chi connectivity index (χ3n) is 2.74. The van der Waals surface area contributed by atoms with Crippen molar-refractivity contribution >= 4 is 11.6 Å². The molecule has 4 N–H and O–H groups in total. The highest BCUT2D eigenvalue weighted by atomic mass is 16.3. The van der Waals surface area contributed by atoms with Crippen molar-refractivity contribution in [2.45, 2.75) is 6.10 Å². The second-order valence-electron chi connectivity index (χ2n) is 4.30. The minimum atomic E-state index is -0.817. The zero-order valence-electron chi connectivity index (χ0n) is 11.2. The summed E-state index contributed by atoms with van der Waals surface area (Å²) in [4.78, 5) is 8.80. The number of benzene rings is 1. The quantitative estimate of drug-likeness (QED) is 0.627. The molecule has 1 unspecified atom stereocenters. The number of anilines is 2. The van der Waals surface area contributed by atoms with E-state index in [4.69, 9.17) is 5.11 Å². The zero-order chi connectivity index (χ0) is 14.4. The van der Waals surface area contributed by atoms with Crippen LogP contribution in [0.3, 0.4) is 0 Å². The van der Waals surface area contributed by atoms with Gasteiger partial charge in [0.05, 0.1) is 12.7 Å². The van der Waals surface area contributed by atoms with Crippen molar-refractivity contribution in [3.8, 4) is 11.4 Å². The highest BCUT2D eigenvalue weighted by Gasteiger charge is 2.07. The number of aliphatic hydroxyl groups excluding tert-OH is 2. The van der Waals surface area contributed by atoms with Crippen molar-refractivity contribution < 1.29 is 10.2 Å². The van der Waals surface area contributed by atoms with E-state index in [1.54, 1.807) is 13.1 Å². The van der Waals surface area contributed by atoms with Gasteiger partial charge in [-0.2, -0.15) is 0 Å². The molecule has 0 aliphatic heterocycles. The van der Waals surface area contributed by atoms with Crippen LogP contribution in [0.2, 0.25) is 0 Å². The lowest BCUT2D eigenvalue weighted by Crippen LogP contribution is -2.23. The maximum Gasteiger partial charge on any atom is 0.163 e. The lowest BCUT2D eigenvalue weighted by Gasteiger charge is -2.12. The molecule has 0 aliphatic carbocycles. The molecule has 1 heterocycles. The van der Waals surface area contributed by atoms with Crippen LogP contribution in [0.1, 0.15) is 0 Å². The van der Waals surface area contributed by atoms with E-state index in [0.29, 0.717) is 17.5 Å². The smallest absolute Gasteiger partial charge is 0.163 e. The van der Waals surface area contributed by atoms with Crippen LogP contribution in [0.4, 0.5) is 11.6 Å². The first-order valence-corrected chi connectivity index (χ1v) is 6.38. The molecule has 6 heteroatoms. The topological polar surface area (TPSA) is 90.3 Å². The molecule has 2 aromatic rings. The molecule has 1 aromatic carbocycles. The van der Waals surface area contributed by atoms with Crippen LogP contribution >= 0.6 is 0 Å². The van der Waals surface area contributed by atoms with Gasteiger partial charge in [-0.15, -0.1) is 0 Å². The highest BCUT2D eigenvalue weighted by Crippen LogP contribution is 2.19. The maximum absolute atomic E-state index is 9.36. The highest BCUT2D eigenvalue weighted by molar-refractivity contribution is 5.61. The van der Waals surface area contributed by atoms with Crippen LogP contribution in [-0.2, 0) is 0 Å². The summed E-state index contributed by atoms with van der Waals surface area (Å²) in [6.45, 7) is -0.0621. The number of rotatable bonds is 6. The van der Waals surface area contributed by atoms with Gasteiger partial charge >= 0.3 is 0 Å². The van der Waals surface area contributed by atoms with Crippen LogP contribution in [0.15, 0.2) is 36.4 Å². The van der Waals surface area contributed by atoms with E-state index in [0.717, 1.165) is 5.56 Å². The predicted molar refractivity (Wildman–Crippen MR) is 78.6 cm³/mol. The van der Waals surface area contributed by atoms with Crippen molar-refractivity contribution in [2.75, 3.05) is 30.8 Å². The molecule has 0 fully saturated rings. The van der Waals surface area contributed by atoms with E-state index in [1.165, 1.54) is 0 Å². The first-order valence-electron chi connectivity index (χ1n) is 6.38. The molecule has 0 aliphatic rings. The Morgan fingerprint density at radius 3 is 2.50 bits per heavy atom. The molecule has 20 heavy (non-hydrogen) atoms. The summed E-state index contributed by atoms with van der Waals surface area (Å²) in [5.41, 5.74) is 0.912. The Morgan fingerprint density at radius 2 is 1.85 bits per heavy atom. The van der Waals surface area contributed by atoms with Gasteiger partial charge in [0.25, 0.3) is 0 Å². The normalized spacial score (nSPS) is 11.9. The zero-order valence-corrected chi connectivity index (χ0v) is 11.2. The van der Waals surface area contributed by atoms with Crippen LogP contribution in [-0.4, -0.2) is 46.5 Å². The maximum atomic E-state index is 9.36. The predicted octanol–water partition coefficient (Wildman–Crippen LogP) is 0.950. The van der Waals surface area contributed by atoms with Gasteiger partial charge in [-0.3, -0.25) is 0 Å². The fraction of sp³-hybridized carbons (Fsp3) is 0.286. The number of nitrogens with zero attached hydrogens (tertiary/aromatic N) is 2. The number of hydrogen-bond acceptors (Lipinski definition) is 6. The summed E-state index contributed by atoms with van der Waals surface area (Å²) in [6.07, 6.45) is -0.817. The van der Waals surface area contributed by atoms with Gasteiger partial charge in [0.2, 0.25) is 0 Å². The molecule has 0 amide bonds. The molecule has 0 saturated carbocycles. The lowest BCUT2D eigenvalue weighted by atomic mass is 10.2. The van der Waals surface area contributed by atoms with Gasteiger partial charge in [0.1, 0.15) is 11.6 Å². The largest absolute Gasteiger partial charge is 0.394 e. The molecule has 1 atom stereocenters. The van der Waals surface area contributed by atoms with Gasteiger partial charge < -0.3 is 20.8 Å². The van der Waals surface area contributed by atoms with Crippen molar-refractivity contribution in [2.24, 2.45) is 0 Å². The van der Waals surface area contributed by atoms with Crippen molar-refractivity contribution in [1.29, 1.82) is 0 Å². The van der Waals surface area contributed by atoms with E-state index in [2.05, 4.69) is 20.6 Å². The Bertz CT molecular complexity index is 548. The first kappa shape index (κ1) is 14.2.